The molecule has 0 amide bonds. The van der Waals surface area contributed by atoms with Crippen molar-refractivity contribution in [1.29, 1.82) is 0 Å². The van der Waals surface area contributed by atoms with E-state index in [4.69, 9.17) is 11.6 Å². The van der Waals surface area contributed by atoms with E-state index in [1.807, 2.05) is 0 Å². The normalized spacial score (nSPS) is 11.3. The van der Waals surface area contributed by atoms with E-state index in [9.17, 15) is 18.5 Å². The molecular formula is C15H15ClN2O4S. The molecule has 6 nitrogen and oxygen atoms in total. The van der Waals surface area contributed by atoms with Gasteiger partial charge in [-0.05, 0) is 49.7 Å². The fourth-order valence-electron chi connectivity index (χ4n) is 2.21. The van der Waals surface area contributed by atoms with E-state index >= 15 is 0 Å². The zero-order valence-electron chi connectivity index (χ0n) is 12.6. The van der Waals surface area contributed by atoms with Gasteiger partial charge in [-0.3, -0.25) is 14.4 Å². The number of benzene rings is 2. The summed E-state index contributed by atoms with van der Waals surface area (Å²) in [4.78, 5) is 10.2. The van der Waals surface area contributed by atoms with Gasteiger partial charge in [0.25, 0.3) is 15.7 Å². The SMILES string of the molecule is CCN(c1ccc(Cl)cc1)S(=O)(=O)c1ccc(C)cc1[N+](=O)[O-]. The molecule has 0 aliphatic carbocycles. The van der Waals surface area contributed by atoms with Gasteiger partial charge in [0, 0.05) is 17.6 Å². The average Bonchev–Trinajstić information content (AvgIpc) is 2.49. The number of anilines is 1. The van der Waals surface area contributed by atoms with Crippen LogP contribution in [-0.2, 0) is 10.0 Å². The van der Waals surface area contributed by atoms with Crippen LogP contribution in [0.4, 0.5) is 11.4 Å². The third-order valence-electron chi connectivity index (χ3n) is 3.28. The number of sulfonamides is 1. The Morgan fingerprint density at radius 3 is 2.30 bits per heavy atom. The second kappa shape index (κ2) is 6.55. The molecule has 23 heavy (non-hydrogen) atoms. The molecule has 0 aliphatic rings. The Bertz CT molecular complexity index is 835. The van der Waals surface area contributed by atoms with Gasteiger partial charge in [-0.2, -0.15) is 0 Å². The van der Waals surface area contributed by atoms with E-state index in [1.165, 1.54) is 18.2 Å². The van der Waals surface area contributed by atoms with E-state index < -0.39 is 20.6 Å². The van der Waals surface area contributed by atoms with Crippen molar-refractivity contribution in [2.45, 2.75) is 18.7 Å². The maximum atomic E-state index is 12.9. The van der Waals surface area contributed by atoms with Crippen molar-refractivity contribution in [3.8, 4) is 0 Å². The largest absolute Gasteiger partial charge is 0.290 e. The molecule has 2 aromatic carbocycles. The monoisotopic (exact) mass is 354 g/mol. The zero-order valence-corrected chi connectivity index (χ0v) is 14.1. The van der Waals surface area contributed by atoms with E-state index in [0.29, 0.717) is 16.3 Å². The molecule has 8 heteroatoms. The fraction of sp³-hybridized carbons (Fsp3) is 0.200. The topological polar surface area (TPSA) is 80.5 Å². The summed E-state index contributed by atoms with van der Waals surface area (Å²) in [6.45, 7) is 3.46. The van der Waals surface area contributed by atoms with Gasteiger partial charge in [0.1, 0.15) is 0 Å². The summed E-state index contributed by atoms with van der Waals surface area (Å²) in [6.07, 6.45) is 0. The van der Waals surface area contributed by atoms with Crippen LogP contribution in [-0.4, -0.2) is 19.9 Å². The van der Waals surface area contributed by atoms with Gasteiger partial charge < -0.3 is 0 Å². The van der Waals surface area contributed by atoms with E-state index in [0.717, 1.165) is 4.31 Å². The first-order chi connectivity index (χ1) is 10.8. The molecule has 0 spiro atoms. The summed E-state index contributed by atoms with van der Waals surface area (Å²) >= 11 is 5.82. The molecule has 2 rings (SSSR count). The summed E-state index contributed by atoms with van der Waals surface area (Å²) in [5.74, 6) is 0. The second-order valence-corrected chi connectivity index (χ2v) is 7.14. The summed E-state index contributed by atoms with van der Waals surface area (Å²) in [7, 11) is -4.06. The predicted octanol–water partition coefficient (Wildman–Crippen LogP) is 3.77. The molecule has 0 saturated carbocycles. The molecule has 0 aromatic heterocycles. The van der Waals surface area contributed by atoms with Gasteiger partial charge in [-0.1, -0.05) is 17.7 Å². The number of nitrogens with zero attached hydrogens (tertiary/aromatic N) is 2. The lowest BCUT2D eigenvalue weighted by Crippen LogP contribution is -2.31. The first-order valence-electron chi connectivity index (χ1n) is 6.80. The van der Waals surface area contributed by atoms with Crippen LogP contribution in [0.2, 0.25) is 5.02 Å². The minimum atomic E-state index is -4.06. The van der Waals surface area contributed by atoms with E-state index in [-0.39, 0.29) is 11.4 Å². The second-order valence-electron chi connectivity index (χ2n) is 4.87. The van der Waals surface area contributed by atoms with Crippen LogP contribution in [0, 0.1) is 17.0 Å². The van der Waals surface area contributed by atoms with E-state index in [2.05, 4.69) is 0 Å². The molecule has 0 N–H and O–H groups in total. The van der Waals surface area contributed by atoms with E-state index in [1.54, 1.807) is 38.1 Å². The number of aryl methyl sites for hydroxylation is 1. The average molecular weight is 355 g/mol. The zero-order chi connectivity index (χ0) is 17.2. The highest BCUT2D eigenvalue weighted by Crippen LogP contribution is 2.31. The van der Waals surface area contributed by atoms with Crippen LogP contribution in [0.1, 0.15) is 12.5 Å². The predicted molar refractivity (Wildman–Crippen MR) is 89.5 cm³/mol. The Morgan fingerprint density at radius 2 is 1.78 bits per heavy atom. The Hall–Kier alpha value is -2.12. The highest BCUT2D eigenvalue weighted by molar-refractivity contribution is 7.93. The highest BCUT2D eigenvalue weighted by Gasteiger charge is 2.31. The molecule has 122 valence electrons. The maximum absolute atomic E-state index is 12.9. The third-order valence-corrected chi connectivity index (χ3v) is 5.48. The highest BCUT2D eigenvalue weighted by atomic mass is 35.5. The van der Waals surface area contributed by atoms with Gasteiger partial charge in [0.2, 0.25) is 0 Å². The number of hydrogen-bond acceptors (Lipinski definition) is 4. The minimum absolute atomic E-state index is 0.134. The maximum Gasteiger partial charge on any atom is 0.290 e. The molecule has 0 saturated heterocycles. The first kappa shape index (κ1) is 17.2. The molecule has 0 bridgehead atoms. The van der Waals surface area contributed by atoms with Gasteiger partial charge in [-0.25, -0.2) is 8.42 Å². The molecule has 0 radical (unpaired) electrons. The van der Waals surface area contributed by atoms with Crippen LogP contribution in [0.15, 0.2) is 47.4 Å². The number of rotatable bonds is 5. The van der Waals surface area contributed by atoms with Crippen molar-refractivity contribution in [3.05, 3.63) is 63.2 Å². The third kappa shape index (κ3) is 3.46. The summed E-state index contributed by atoms with van der Waals surface area (Å²) < 4.78 is 26.9. The summed E-state index contributed by atoms with van der Waals surface area (Å²) in [5, 5.41) is 11.7. The Balaban J connectivity index is 2.60. The molecule has 0 unspecified atom stereocenters. The smallest absolute Gasteiger partial charge is 0.266 e. The number of nitro benzene ring substituents is 1. The van der Waals surface area contributed by atoms with Crippen LogP contribution in [0.5, 0.6) is 0 Å². The van der Waals surface area contributed by atoms with Gasteiger partial charge in [0.05, 0.1) is 10.6 Å². The molecule has 0 fully saturated rings. The lowest BCUT2D eigenvalue weighted by molar-refractivity contribution is -0.387. The van der Waals surface area contributed by atoms with Gasteiger partial charge >= 0.3 is 0 Å². The van der Waals surface area contributed by atoms with Crippen molar-refractivity contribution < 1.29 is 13.3 Å². The number of hydrogen-bond donors (Lipinski definition) is 0. The quantitative estimate of drug-likeness (QED) is 0.604. The summed E-state index contributed by atoms with van der Waals surface area (Å²) in [5.41, 5.74) is 0.578. The molecule has 0 heterocycles. The van der Waals surface area contributed by atoms with Crippen LogP contribution in [0.3, 0.4) is 0 Å². The number of nitro groups is 1. The van der Waals surface area contributed by atoms with Crippen LogP contribution < -0.4 is 4.31 Å². The van der Waals surface area contributed by atoms with Crippen molar-refractivity contribution in [2.24, 2.45) is 0 Å². The van der Waals surface area contributed by atoms with Crippen molar-refractivity contribution in [3.63, 3.8) is 0 Å². The fourth-order valence-corrected chi connectivity index (χ4v) is 3.95. The Labute approximate surface area is 139 Å². The lowest BCUT2D eigenvalue weighted by Gasteiger charge is -2.23. The lowest BCUT2D eigenvalue weighted by atomic mass is 10.2. The molecular weight excluding hydrogens is 340 g/mol. The Morgan fingerprint density at radius 1 is 1.17 bits per heavy atom. The standard InChI is InChI=1S/C15H15ClN2O4S/c1-3-17(13-7-5-12(16)6-8-13)23(21,22)15-9-4-11(2)10-14(15)18(19)20/h4-10H,3H2,1-2H3. The van der Waals surface area contributed by atoms with Crippen molar-refractivity contribution in [1.82, 2.24) is 0 Å². The number of halogens is 1. The molecule has 0 aliphatic heterocycles. The molecule has 0 atom stereocenters. The van der Waals surface area contributed by atoms with Crippen molar-refractivity contribution in [2.75, 3.05) is 10.8 Å². The first-order valence-corrected chi connectivity index (χ1v) is 8.62. The minimum Gasteiger partial charge on any atom is -0.266 e. The van der Waals surface area contributed by atoms with Crippen LogP contribution >= 0.6 is 11.6 Å². The Kier molecular flexibility index (Phi) is 4.91. The van der Waals surface area contributed by atoms with Crippen molar-refractivity contribution >= 4 is 33.0 Å². The van der Waals surface area contributed by atoms with Crippen LogP contribution in [0.25, 0.3) is 0 Å². The van der Waals surface area contributed by atoms with Gasteiger partial charge in [0.15, 0.2) is 4.90 Å². The molecule has 2 aromatic rings. The van der Waals surface area contributed by atoms with Gasteiger partial charge in [-0.15, -0.1) is 0 Å². The summed E-state index contributed by atoms with van der Waals surface area (Å²) in [6, 6.07) is 10.3.